The average molecular weight is 252 g/mol. The van der Waals surface area contributed by atoms with Crippen LogP contribution in [0, 0.1) is 0 Å². The molecule has 0 radical (unpaired) electrons. The molecule has 0 amide bonds. The second-order valence-corrected chi connectivity index (χ2v) is 5.19. The molecule has 5 heteroatoms. The molecule has 2 nitrogen and oxygen atoms in total. The number of halogens is 3. The Hall–Kier alpha value is -0.290. The highest BCUT2D eigenvalue weighted by atomic mass is 19.4. The number of hydrogen-bond acceptors (Lipinski definition) is 2. The van der Waals surface area contributed by atoms with Crippen molar-refractivity contribution in [2.45, 2.75) is 50.2 Å². The standard InChI is InChI=1S/C12H23F3N2/c1-16-11(6-4-3-5-7-11)8-9-17(2)10-12(13,14)15/h16H,3-10H2,1-2H3. The number of rotatable bonds is 5. The van der Waals surface area contributed by atoms with Crippen LogP contribution in [-0.4, -0.2) is 43.8 Å². The zero-order chi connectivity index (χ0) is 12.9. The normalized spacial score (nSPS) is 20.8. The highest BCUT2D eigenvalue weighted by Gasteiger charge is 2.32. The first-order chi connectivity index (χ1) is 7.87. The Kier molecular flexibility index (Phi) is 5.25. The molecule has 1 aliphatic carbocycles. The van der Waals surface area contributed by atoms with Gasteiger partial charge in [-0.25, -0.2) is 0 Å². The van der Waals surface area contributed by atoms with Gasteiger partial charge in [-0.05, 0) is 39.9 Å². The number of nitrogens with one attached hydrogen (secondary N) is 1. The van der Waals surface area contributed by atoms with Crippen molar-refractivity contribution in [3.8, 4) is 0 Å². The summed E-state index contributed by atoms with van der Waals surface area (Å²) < 4.78 is 36.6. The lowest BCUT2D eigenvalue weighted by Crippen LogP contribution is -2.47. The predicted octanol–water partition coefficient (Wildman–Crippen LogP) is 2.79. The van der Waals surface area contributed by atoms with Crippen LogP contribution in [0.15, 0.2) is 0 Å². The second kappa shape index (κ2) is 6.05. The van der Waals surface area contributed by atoms with Gasteiger partial charge in [0.2, 0.25) is 0 Å². The van der Waals surface area contributed by atoms with E-state index < -0.39 is 12.7 Å². The fraction of sp³-hybridized carbons (Fsp3) is 1.00. The van der Waals surface area contributed by atoms with Gasteiger partial charge in [0.25, 0.3) is 0 Å². The first-order valence-corrected chi connectivity index (χ1v) is 6.31. The van der Waals surface area contributed by atoms with Gasteiger partial charge in [-0.15, -0.1) is 0 Å². The molecule has 17 heavy (non-hydrogen) atoms. The summed E-state index contributed by atoms with van der Waals surface area (Å²) in [6.07, 6.45) is 2.51. The summed E-state index contributed by atoms with van der Waals surface area (Å²) in [6, 6.07) is 0. The molecule has 1 N–H and O–H groups in total. The monoisotopic (exact) mass is 252 g/mol. The Bertz CT molecular complexity index is 222. The molecule has 0 aromatic carbocycles. The van der Waals surface area contributed by atoms with E-state index in [0.717, 1.165) is 19.3 Å². The molecule has 0 heterocycles. The largest absolute Gasteiger partial charge is 0.401 e. The molecule has 102 valence electrons. The number of nitrogens with zero attached hydrogens (tertiary/aromatic N) is 1. The summed E-state index contributed by atoms with van der Waals surface area (Å²) in [6.45, 7) is -0.312. The van der Waals surface area contributed by atoms with Gasteiger partial charge < -0.3 is 5.32 Å². The van der Waals surface area contributed by atoms with Crippen molar-refractivity contribution in [2.24, 2.45) is 0 Å². The molecular formula is C12H23F3N2. The highest BCUT2D eigenvalue weighted by molar-refractivity contribution is 4.90. The molecular weight excluding hydrogens is 229 g/mol. The Balaban J connectivity index is 2.36. The van der Waals surface area contributed by atoms with E-state index in [1.165, 1.54) is 24.2 Å². The summed E-state index contributed by atoms with van der Waals surface area (Å²) in [5.41, 5.74) is 0.0676. The van der Waals surface area contributed by atoms with Crippen molar-refractivity contribution in [1.29, 1.82) is 0 Å². The Morgan fingerprint density at radius 2 is 1.76 bits per heavy atom. The van der Waals surface area contributed by atoms with Crippen LogP contribution in [0.5, 0.6) is 0 Å². The van der Waals surface area contributed by atoms with Crippen molar-refractivity contribution in [1.82, 2.24) is 10.2 Å². The van der Waals surface area contributed by atoms with E-state index in [2.05, 4.69) is 5.32 Å². The van der Waals surface area contributed by atoms with Crippen molar-refractivity contribution < 1.29 is 13.2 Å². The lowest BCUT2D eigenvalue weighted by atomic mass is 9.79. The second-order valence-electron chi connectivity index (χ2n) is 5.19. The molecule has 0 unspecified atom stereocenters. The van der Waals surface area contributed by atoms with Crippen LogP contribution >= 0.6 is 0 Å². The fourth-order valence-electron chi connectivity index (χ4n) is 2.64. The number of hydrogen-bond donors (Lipinski definition) is 1. The SMILES string of the molecule is CNC1(CCN(C)CC(F)(F)F)CCCCC1. The summed E-state index contributed by atoms with van der Waals surface area (Å²) in [7, 11) is 3.47. The third kappa shape index (κ3) is 5.25. The van der Waals surface area contributed by atoms with Crippen LogP contribution in [0.3, 0.4) is 0 Å². The zero-order valence-electron chi connectivity index (χ0n) is 10.7. The summed E-state index contributed by atoms with van der Waals surface area (Å²) in [5.74, 6) is 0. The molecule has 0 aliphatic heterocycles. The van der Waals surface area contributed by atoms with Crippen LogP contribution in [0.4, 0.5) is 13.2 Å². The lowest BCUT2D eigenvalue weighted by Gasteiger charge is -2.38. The Morgan fingerprint density at radius 3 is 2.24 bits per heavy atom. The van der Waals surface area contributed by atoms with Gasteiger partial charge in [0.15, 0.2) is 0 Å². The quantitative estimate of drug-likeness (QED) is 0.809. The van der Waals surface area contributed by atoms with E-state index in [1.807, 2.05) is 7.05 Å². The third-order valence-corrected chi connectivity index (χ3v) is 3.76. The van der Waals surface area contributed by atoms with E-state index in [4.69, 9.17) is 0 Å². The van der Waals surface area contributed by atoms with Crippen LogP contribution in [-0.2, 0) is 0 Å². The number of alkyl halides is 3. The molecule has 0 bridgehead atoms. The van der Waals surface area contributed by atoms with Gasteiger partial charge in [0, 0.05) is 5.54 Å². The first kappa shape index (κ1) is 14.8. The lowest BCUT2D eigenvalue weighted by molar-refractivity contribution is -0.143. The predicted molar refractivity (Wildman–Crippen MR) is 63.0 cm³/mol. The minimum absolute atomic E-state index is 0.0676. The van der Waals surface area contributed by atoms with E-state index in [9.17, 15) is 13.2 Å². The van der Waals surface area contributed by atoms with Gasteiger partial charge >= 0.3 is 6.18 Å². The maximum Gasteiger partial charge on any atom is 0.401 e. The van der Waals surface area contributed by atoms with Crippen molar-refractivity contribution in [2.75, 3.05) is 27.2 Å². The van der Waals surface area contributed by atoms with Crippen molar-refractivity contribution in [3.63, 3.8) is 0 Å². The molecule has 0 spiro atoms. The Labute approximate surface area is 102 Å². The van der Waals surface area contributed by atoms with E-state index >= 15 is 0 Å². The topological polar surface area (TPSA) is 15.3 Å². The third-order valence-electron chi connectivity index (χ3n) is 3.76. The Morgan fingerprint density at radius 1 is 1.18 bits per heavy atom. The molecule has 0 aromatic rings. The van der Waals surface area contributed by atoms with Gasteiger partial charge in [-0.3, -0.25) is 4.90 Å². The van der Waals surface area contributed by atoms with Gasteiger partial charge in [0.1, 0.15) is 0 Å². The van der Waals surface area contributed by atoms with E-state index in [-0.39, 0.29) is 5.54 Å². The molecule has 0 atom stereocenters. The van der Waals surface area contributed by atoms with Crippen molar-refractivity contribution >= 4 is 0 Å². The van der Waals surface area contributed by atoms with Gasteiger partial charge in [0.05, 0.1) is 6.54 Å². The molecule has 0 saturated heterocycles. The van der Waals surface area contributed by atoms with Gasteiger partial charge in [-0.1, -0.05) is 19.3 Å². The van der Waals surface area contributed by atoms with E-state index in [1.54, 1.807) is 7.05 Å². The minimum Gasteiger partial charge on any atom is -0.314 e. The van der Waals surface area contributed by atoms with E-state index in [0.29, 0.717) is 6.54 Å². The summed E-state index contributed by atoms with van der Waals surface area (Å²) in [4.78, 5) is 1.37. The van der Waals surface area contributed by atoms with Crippen LogP contribution in [0.2, 0.25) is 0 Å². The molecule has 0 aromatic heterocycles. The van der Waals surface area contributed by atoms with Crippen LogP contribution in [0.25, 0.3) is 0 Å². The maximum atomic E-state index is 12.2. The van der Waals surface area contributed by atoms with Gasteiger partial charge in [-0.2, -0.15) is 13.2 Å². The maximum absolute atomic E-state index is 12.2. The van der Waals surface area contributed by atoms with Crippen molar-refractivity contribution in [3.05, 3.63) is 0 Å². The molecule has 1 rings (SSSR count). The highest BCUT2D eigenvalue weighted by Crippen LogP contribution is 2.31. The smallest absolute Gasteiger partial charge is 0.314 e. The minimum atomic E-state index is -4.09. The summed E-state index contributed by atoms with van der Waals surface area (Å²) in [5, 5.41) is 3.33. The summed E-state index contributed by atoms with van der Waals surface area (Å²) >= 11 is 0. The first-order valence-electron chi connectivity index (χ1n) is 6.31. The zero-order valence-corrected chi connectivity index (χ0v) is 10.7. The molecule has 1 saturated carbocycles. The molecule has 1 aliphatic rings. The average Bonchev–Trinajstić information content (AvgIpc) is 2.25. The van der Waals surface area contributed by atoms with Crippen LogP contribution < -0.4 is 5.32 Å². The fourth-order valence-corrected chi connectivity index (χ4v) is 2.64. The molecule has 1 fully saturated rings. The van der Waals surface area contributed by atoms with Crippen LogP contribution in [0.1, 0.15) is 38.5 Å².